The maximum Gasteiger partial charge on any atom is 0.231 e. The summed E-state index contributed by atoms with van der Waals surface area (Å²) in [4.78, 5) is 17.2. The normalized spacial score (nSPS) is 17.1. The minimum absolute atomic E-state index is 0.249. The molecule has 0 atom stereocenters. The number of methoxy groups -OCH3 is 1. The van der Waals surface area contributed by atoms with Gasteiger partial charge in [0.05, 0.1) is 13.7 Å². The van der Waals surface area contributed by atoms with E-state index in [-0.39, 0.29) is 5.91 Å². The molecule has 1 aliphatic rings. The molecular formula is C14H22N4O2. The van der Waals surface area contributed by atoms with Gasteiger partial charge < -0.3 is 15.8 Å². The summed E-state index contributed by atoms with van der Waals surface area (Å²) < 4.78 is 5.03. The van der Waals surface area contributed by atoms with Crippen LogP contribution in [0.25, 0.3) is 0 Å². The standard InChI is InChI=1S/C14H22N4O2/c1-20-14-3-2-11(9-17-14)8-16-12-4-6-18(7-5-12)10-13(15)19/h2-3,9,12,16H,4-8,10H2,1H3,(H2,15,19). The maximum absolute atomic E-state index is 10.9. The number of primary amides is 1. The molecule has 1 aromatic heterocycles. The van der Waals surface area contributed by atoms with E-state index >= 15 is 0 Å². The van der Waals surface area contributed by atoms with E-state index in [4.69, 9.17) is 10.5 Å². The number of ether oxygens (including phenoxy) is 1. The van der Waals surface area contributed by atoms with E-state index in [1.54, 1.807) is 7.11 Å². The monoisotopic (exact) mass is 278 g/mol. The lowest BCUT2D eigenvalue weighted by Gasteiger charge is -2.31. The van der Waals surface area contributed by atoms with Gasteiger partial charge in [0, 0.05) is 37.9 Å². The molecule has 6 nitrogen and oxygen atoms in total. The molecule has 0 aliphatic carbocycles. The highest BCUT2D eigenvalue weighted by molar-refractivity contribution is 5.75. The number of pyridine rings is 1. The van der Waals surface area contributed by atoms with Crippen molar-refractivity contribution >= 4 is 5.91 Å². The van der Waals surface area contributed by atoms with E-state index in [0.29, 0.717) is 18.5 Å². The van der Waals surface area contributed by atoms with Gasteiger partial charge in [0.25, 0.3) is 0 Å². The van der Waals surface area contributed by atoms with Crippen molar-refractivity contribution in [2.75, 3.05) is 26.7 Å². The van der Waals surface area contributed by atoms with Crippen molar-refractivity contribution in [3.63, 3.8) is 0 Å². The van der Waals surface area contributed by atoms with Crippen LogP contribution >= 0.6 is 0 Å². The molecule has 3 N–H and O–H groups in total. The SMILES string of the molecule is COc1ccc(CNC2CCN(CC(N)=O)CC2)cn1. The van der Waals surface area contributed by atoms with Crippen LogP contribution in [0.1, 0.15) is 18.4 Å². The molecule has 1 saturated heterocycles. The highest BCUT2D eigenvalue weighted by atomic mass is 16.5. The molecule has 0 aromatic carbocycles. The first-order valence-corrected chi connectivity index (χ1v) is 6.90. The maximum atomic E-state index is 10.9. The van der Waals surface area contributed by atoms with E-state index in [1.807, 2.05) is 18.3 Å². The first-order chi connectivity index (χ1) is 9.67. The number of aromatic nitrogens is 1. The number of nitrogens with zero attached hydrogens (tertiary/aromatic N) is 2. The zero-order chi connectivity index (χ0) is 14.4. The van der Waals surface area contributed by atoms with Crippen LogP contribution in [0, 0.1) is 0 Å². The Morgan fingerprint density at radius 3 is 2.80 bits per heavy atom. The second kappa shape index (κ2) is 7.21. The molecule has 1 aliphatic heterocycles. The van der Waals surface area contributed by atoms with Crippen LogP contribution in [0.3, 0.4) is 0 Å². The predicted octanol–water partition coefficient (Wildman–Crippen LogP) is 0.130. The van der Waals surface area contributed by atoms with E-state index < -0.39 is 0 Å². The average molecular weight is 278 g/mol. The van der Waals surface area contributed by atoms with Gasteiger partial charge in [-0.2, -0.15) is 0 Å². The van der Waals surface area contributed by atoms with Crippen molar-refractivity contribution in [1.82, 2.24) is 15.2 Å². The Bertz CT molecular complexity index is 427. The van der Waals surface area contributed by atoms with E-state index in [9.17, 15) is 4.79 Å². The predicted molar refractivity (Wildman–Crippen MR) is 76.3 cm³/mol. The highest BCUT2D eigenvalue weighted by Crippen LogP contribution is 2.11. The Kier molecular flexibility index (Phi) is 5.31. The van der Waals surface area contributed by atoms with E-state index in [1.165, 1.54) is 0 Å². The molecule has 0 bridgehead atoms. The molecule has 0 saturated carbocycles. The third kappa shape index (κ3) is 4.47. The average Bonchev–Trinajstić information content (AvgIpc) is 2.46. The minimum Gasteiger partial charge on any atom is -0.481 e. The van der Waals surface area contributed by atoms with E-state index in [2.05, 4.69) is 15.2 Å². The number of nitrogens with one attached hydrogen (secondary N) is 1. The smallest absolute Gasteiger partial charge is 0.231 e. The van der Waals surface area contributed by atoms with E-state index in [0.717, 1.165) is 38.0 Å². The highest BCUT2D eigenvalue weighted by Gasteiger charge is 2.19. The van der Waals surface area contributed by atoms with Crippen LogP contribution in [0.5, 0.6) is 5.88 Å². The Labute approximate surface area is 119 Å². The van der Waals surface area contributed by atoms with Crippen LogP contribution in [0.2, 0.25) is 0 Å². The van der Waals surface area contributed by atoms with Gasteiger partial charge in [0.15, 0.2) is 0 Å². The number of carbonyl (C=O) groups is 1. The Morgan fingerprint density at radius 2 is 2.25 bits per heavy atom. The first-order valence-electron chi connectivity index (χ1n) is 6.90. The molecule has 0 unspecified atom stereocenters. The van der Waals surface area contributed by atoms with Crippen LogP contribution in [0.4, 0.5) is 0 Å². The van der Waals surface area contributed by atoms with Crippen LogP contribution in [0.15, 0.2) is 18.3 Å². The Balaban J connectivity index is 1.71. The minimum atomic E-state index is -0.249. The van der Waals surface area contributed by atoms with Gasteiger partial charge in [-0.15, -0.1) is 0 Å². The molecule has 0 radical (unpaired) electrons. The second-order valence-electron chi connectivity index (χ2n) is 5.11. The molecule has 2 heterocycles. The van der Waals surface area contributed by atoms with Gasteiger partial charge in [0.2, 0.25) is 11.8 Å². The first kappa shape index (κ1) is 14.7. The fraction of sp³-hybridized carbons (Fsp3) is 0.571. The van der Waals surface area contributed by atoms with Gasteiger partial charge in [-0.25, -0.2) is 4.98 Å². The van der Waals surface area contributed by atoms with Gasteiger partial charge in [-0.3, -0.25) is 9.69 Å². The van der Waals surface area contributed by atoms with Crippen molar-refractivity contribution < 1.29 is 9.53 Å². The summed E-state index contributed by atoms with van der Waals surface area (Å²) in [5, 5.41) is 3.53. The van der Waals surface area contributed by atoms with Crippen LogP contribution in [-0.2, 0) is 11.3 Å². The largest absolute Gasteiger partial charge is 0.481 e. The molecule has 1 fully saturated rings. The summed E-state index contributed by atoms with van der Waals surface area (Å²) in [6.07, 6.45) is 3.90. The van der Waals surface area contributed by atoms with Crippen molar-refractivity contribution in [2.45, 2.75) is 25.4 Å². The van der Waals surface area contributed by atoms with Gasteiger partial charge >= 0.3 is 0 Å². The fourth-order valence-corrected chi connectivity index (χ4v) is 2.41. The van der Waals surface area contributed by atoms with Gasteiger partial charge in [-0.1, -0.05) is 6.07 Å². The van der Waals surface area contributed by atoms with Crippen LogP contribution in [-0.4, -0.2) is 48.6 Å². The molecule has 1 amide bonds. The summed E-state index contributed by atoms with van der Waals surface area (Å²) in [5.41, 5.74) is 6.35. The Hall–Kier alpha value is -1.66. The summed E-state index contributed by atoms with van der Waals surface area (Å²) in [6.45, 7) is 3.01. The number of amides is 1. The zero-order valence-electron chi connectivity index (χ0n) is 11.8. The second-order valence-corrected chi connectivity index (χ2v) is 5.11. The lowest BCUT2D eigenvalue weighted by atomic mass is 10.0. The molecule has 20 heavy (non-hydrogen) atoms. The zero-order valence-corrected chi connectivity index (χ0v) is 11.8. The summed E-state index contributed by atoms with van der Waals surface area (Å²) in [6, 6.07) is 4.37. The quantitative estimate of drug-likeness (QED) is 0.773. The lowest BCUT2D eigenvalue weighted by molar-refractivity contribution is -0.119. The number of hydrogen-bond acceptors (Lipinski definition) is 5. The third-order valence-electron chi connectivity index (χ3n) is 3.57. The number of hydrogen-bond donors (Lipinski definition) is 2. The molecule has 6 heteroatoms. The molecule has 1 aromatic rings. The Morgan fingerprint density at radius 1 is 1.50 bits per heavy atom. The molecule has 110 valence electrons. The lowest BCUT2D eigenvalue weighted by Crippen LogP contribution is -2.45. The van der Waals surface area contributed by atoms with Gasteiger partial charge in [0.1, 0.15) is 0 Å². The number of nitrogens with two attached hydrogens (primary N) is 1. The van der Waals surface area contributed by atoms with Crippen molar-refractivity contribution in [3.05, 3.63) is 23.9 Å². The molecule has 0 spiro atoms. The fourth-order valence-electron chi connectivity index (χ4n) is 2.41. The topological polar surface area (TPSA) is 80.5 Å². The number of likely N-dealkylation sites (tertiary alicyclic amines) is 1. The van der Waals surface area contributed by atoms with Crippen molar-refractivity contribution in [2.24, 2.45) is 5.73 Å². The number of rotatable bonds is 6. The van der Waals surface area contributed by atoms with Gasteiger partial charge in [-0.05, 0) is 18.4 Å². The third-order valence-corrected chi connectivity index (χ3v) is 3.57. The number of carbonyl (C=O) groups excluding carboxylic acids is 1. The summed E-state index contributed by atoms with van der Waals surface area (Å²) in [5.74, 6) is 0.384. The van der Waals surface area contributed by atoms with Crippen LogP contribution < -0.4 is 15.8 Å². The summed E-state index contributed by atoms with van der Waals surface area (Å²) >= 11 is 0. The molecule has 2 rings (SSSR count). The number of piperidine rings is 1. The molecular weight excluding hydrogens is 256 g/mol. The summed E-state index contributed by atoms with van der Waals surface area (Å²) in [7, 11) is 1.61. The van der Waals surface area contributed by atoms with Crippen molar-refractivity contribution in [1.29, 1.82) is 0 Å². The van der Waals surface area contributed by atoms with Crippen molar-refractivity contribution in [3.8, 4) is 5.88 Å².